The fourth-order valence-electron chi connectivity index (χ4n) is 4.62. The number of amides is 1. The maximum atomic E-state index is 12.6. The molecule has 1 aromatic heterocycles. The number of nitrogens with zero attached hydrogens (tertiary/aromatic N) is 3. The first-order valence-electron chi connectivity index (χ1n) is 9.72. The summed E-state index contributed by atoms with van der Waals surface area (Å²) in [6, 6.07) is 5.07. The van der Waals surface area contributed by atoms with Crippen molar-refractivity contribution in [3.8, 4) is 0 Å². The smallest absolute Gasteiger partial charge is 0.271 e. The summed E-state index contributed by atoms with van der Waals surface area (Å²) < 4.78 is 1.74. The average molecular weight is 366 g/mol. The fraction of sp³-hybridized carbons (Fsp3) is 0.524. The van der Waals surface area contributed by atoms with Gasteiger partial charge in [-0.2, -0.15) is 5.10 Å². The summed E-state index contributed by atoms with van der Waals surface area (Å²) >= 11 is 0. The van der Waals surface area contributed by atoms with Crippen molar-refractivity contribution in [1.29, 1.82) is 0 Å². The summed E-state index contributed by atoms with van der Waals surface area (Å²) in [5, 5.41) is 4.95. The number of benzene rings is 1. The standard InChI is InChI=1S/C21H26N4O2/c1-13-9-15(12-21(2,3)11-13)23-24-19(26)14-6-7-16-17(10-14)22-18-5-4-8-25(18)20(16)27/h6-7,10,13H,4-5,8-9,11-12H2,1-3H3,(H,24,26)/b23-15+/t13-/m0/s1. The van der Waals surface area contributed by atoms with E-state index < -0.39 is 0 Å². The van der Waals surface area contributed by atoms with Crippen molar-refractivity contribution in [2.75, 3.05) is 0 Å². The number of aromatic nitrogens is 2. The van der Waals surface area contributed by atoms with Gasteiger partial charge in [-0.15, -0.1) is 0 Å². The zero-order chi connectivity index (χ0) is 19.2. The van der Waals surface area contributed by atoms with E-state index in [1.54, 1.807) is 22.8 Å². The topological polar surface area (TPSA) is 76.3 Å². The van der Waals surface area contributed by atoms with Crippen LogP contribution in [0.1, 0.15) is 62.6 Å². The zero-order valence-corrected chi connectivity index (χ0v) is 16.2. The van der Waals surface area contributed by atoms with Gasteiger partial charge in [-0.1, -0.05) is 20.8 Å². The van der Waals surface area contributed by atoms with Crippen LogP contribution in [0.5, 0.6) is 0 Å². The van der Waals surface area contributed by atoms with Crippen LogP contribution in [0.4, 0.5) is 0 Å². The predicted octanol–water partition coefficient (Wildman–Crippen LogP) is 3.27. The maximum Gasteiger partial charge on any atom is 0.271 e. The number of nitrogens with one attached hydrogen (secondary N) is 1. The highest BCUT2D eigenvalue weighted by Gasteiger charge is 2.29. The van der Waals surface area contributed by atoms with Gasteiger partial charge in [0.05, 0.1) is 10.9 Å². The van der Waals surface area contributed by atoms with Gasteiger partial charge in [-0.25, -0.2) is 10.4 Å². The molecule has 0 unspecified atom stereocenters. The zero-order valence-electron chi connectivity index (χ0n) is 16.2. The quantitative estimate of drug-likeness (QED) is 0.829. The molecule has 1 aromatic carbocycles. The molecule has 2 heterocycles. The van der Waals surface area contributed by atoms with Crippen molar-refractivity contribution in [3.05, 3.63) is 39.9 Å². The number of fused-ring (bicyclic) bond motifs is 2. The van der Waals surface area contributed by atoms with Crippen molar-refractivity contribution in [1.82, 2.24) is 15.0 Å². The van der Waals surface area contributed by atoms with Crippen LogP contribution in [-0.2, 0) is 13.0 Å². The second-order valence-corrected chi connectivity index (χ2v) is 8.79. The first-order chi connectivity index (χ1) is 12.8. The summed E-state index contributed by atoms with van der Waals surface area (Å²) in [5.41, 5.74) is 5.00. The van der Waals surface area contributed by atoms with Crippen LogP contribution < -0.4 is 11.0 Å². The summed E-state index contributed by atoms with van der Waals surface area (Å²) in [6.07, 6.45) is 4.75. The highest BCUT2D eigenvalue weighted by molar-refractivity contribution is 5.98. The largest absolute Gasteiger partial charge is 0.296 e. The molecular formula is C21H26N4O2. The van der Waals surface area contributed by atoms with Gasteiger partial charge in [0.2, 0.25) is 0 Å². The first-order valence-corrected chi connectivity index (χ1v) is 9.72. The van der Waals surface area contributed by atoms with Crippen LogP contribution in [0.25, 0.3) is 10.9 Å². The van der Waals surface area contributed by atoms with Crippen molar-refractivity contribution >= 4 is 22.5 Å². The van der Waals surface area contributed by atoms with E-state index >= 15 is 0 Å². The van der Waals surface area contributed by atoms with Crippen LogP contribution in [0.2, 0.25) is 0 Å². The third kappa shape index (κ3) is 3.53. The van der Waals surface area contributed by atoms with Crippen LogP contribution >= 0.6 is 0 Å². The van der Waals surface area contributed by atoms with E-state index in [1.165, 1.54) is 6.42 Å². The molecule has 2 aromatic rings. The maximum absolute atomic E-state index is 12.6. The Morgan fingerprint density at radius 2 is 2.19 bits per heavy atom. The second-order valence-electron chi connectivity index (χ2n) is 8.79. The van der Waals surface area contributed by atoms with E-state index in [0.29, 0.717) is 22.4 Å². The van der Waals surface area contributed by atoms with Gasteiger partial charge in [-0.05, 0) is 55.2 Å². The first kappa shape index (κ1) is 17.9. The van der Waals surface area contributed by atoms with Crippen LogP contribution in [0.15, 0.2) is 28.1 Å². The van der Waals surface area contributed by atoms with Gasteiger partial charge in [0.15, 0.2) is 0 Å². The van der Waals surface area contributed by atoms with E-state index in [-0.39, 0.29) is 16.9 Å². The Kier molecular flexibility index (Phi) is 4.36. The minimum Gasteiger partial charge on any atom is -0.296 e. The molecule has 0 bridgehead atoms. The number of rotatable bonds is 2. The number of carbonyl (C=O) groups is 1. The number of hydrogen-bond donors (Lipinski definition) is 1. The molecule has 1 fully saturated rings. The summed E-state index contributed by atoms with van der Waals surface area (Å²) in [5.74, 6) is 1.12. The van der Waals surface area contributed by atoms with Crippen molar-refractivity contribution in [2.24, 2.45) is 16.4 Å². The predicted molar refractivity (Wildman–Crippen MR) is 106 cm³/mol. The van der Waals surface area contributed by atoms with Crippen molar-refractivity contribution in [2.45, 2.75) is 59.4 Å². The average Bonchev–Trinajstić information content (AvgIpc) is 3.06. The lowest BCUT2D eigenvalue weighted by Gasteiger charge is -2.34. The molecule has 1 saturated carbocycles. The number of carbonyl (C=O) groups excluding carboxylic acids is 1. The van der Waals surface area contributed by atoms with Gasteiger partial charge < -0.3 is 0 Å². The lowest BCUT2D eigenvalue weighted by molar-refractivity contribution is 0.0954. The van der Waals surface area contributed by atoms with E-state index in [0.717, 1.165) is 43.8 Å². The molecule has 1 N–H and O–H groups in total. The fourth-order valence-corrected chi connectivity index (χ4v) is 4.62. The molecule has 142 valence electrons. The number of hydrogen-bond acceptors (Lipinski definition) is 4. The molecular weight excluding hydrogens is 340 g/mol. The summed E-state index contributed by atoms with van der Waals surface area (Å²) in [6.45, 7) is 7.44. The highest BCUT2D eigenvalue weighted by Crippen LogP contribution is 2.36. The molecule has 2 aliphatic rings. The molecule has 6 heteroatoms. The van der Waals surface area contributed by atoms with Crippen LogP contribution in [-0.4, -0.2) is 21.2 Å². The van der Waals surface area contributed by atoms with E-state index in [4.69, 9.17) is 0 Å². The van der Waals surface area contributed by atoms with Gasteiger partial charge in [0.25, 0.3) is 11.5 Å². The highest BCUT2D eigenvalue weighted by atomic mass is 16.2. The molecule has 0 saturated heterocycles. The van der Waals surface area contributed by atoms with Crippen LogP contribution in [0, 0.1) is 11.3 Å². The third-order valence-corrected chi connectivity index (χ3v) is 5.56. The monoisotopic (exact) mass is 366 g/mol. The summed E-state index contributed by atoms with van der Waals surface area (Å²) in [7, 11) is 0. The molecule has 1 aliphatic heterocycles. The Bertz CT molecular complexity index is 1000. The Morgan fingerprint density at radius 3 is 2.96 bits per heavy atom. The lowest BCUT2D eigenvalue weighted by Crippen LogP contribution is -2.30. The Morgan fingerprint density at radius 1 is 1.37 bits per heavy atom. The van der Waals surface area contributed by atoms with E-state index in [2.05, 4.69) is 36.3 Å². The third-order valence-electron chi connectivity index (χ3n) is 5.56. The SMILES string of the molecule is C[C@H]1C/C(=N\NC(=O)c2ccc3c(=O)n4c(nc3c2)CCC4)CC(C)(C)C1. The second kappa shape index (κ2) is 6.59. The van der Waals surface area contributed by atoms with Crippen molar-refractivity contribution in [3.63, 3.8) is 0 Å². The van der Waals surface area contributed by atoms with Gasteiger partial charge in [0, 0.05) is 24.2 Å². The Balaban J connectivity index is 1.57. The van der Waals surface area contributed by atoms with Gasteiger partial charge in [0.1, 0.15) is 5.82 Å². The molecule has 1 amide bonds. The Labute approximate surface area is 158 Å². The number of hydrazone groups is 1. The number of aryl methyl sites for hydroxylation is 1. The molecule has 0 spiro atoms. The van der Waals surface area contributed by atoms with E-state index in [9.17, 15) is 9.59 Å². The molecule has 0 radical (unpaired) electrons. The molecule has 6 nitrogen and oxygen atoms in total. The minimum absolute atomic E-state index is 0.0156. The van der Waals surface area contributed by atoms with Crippen LogP contribution in [0.3, 0.4) is 0 Å². The normalized spacial score (nSPS) is 22.8. The van der Waals surface area contributed by atoms with Gasteiger partial charge >= 0.3 is 0 Å². The van der Waals surface area contributed by atoms with E-state index in [1.807, 2.05) is 0 Å². The lowest BCUT2D eigenvalue weighted by atomic mass is 9.72. The summed E-state index contributed by atoms with van der Waals surface area (Å²) in [4.78, 5) is 29.7. The molecule has 27 heavy (non-hydrogen) atoms. The molecule has 1 atom stereocenters. The molecule has 1 aliphatic carbocycles. The Hall–Kier alpha value is -2.50. The molecule has 4 rings (SSSR count). The van der Waals surface area contributed by atoms with Gasteiger partial charge in [-0.3, -0.25) is 14.2 Å². The van der Waals surface area contributed by atoms with Crippen molar-refractivity contribution < 1.29 is 4.79 Å². The minimum atomic E-state index is -0.261.